The van der Waals surface area contributed by atoms with Gasteiger partial charge in [0.2, 0.25) is 0 Å². The molecule has 0 aromatic heterocycles. The number of carboxylic acid groups (broad SMARTS) is 1. The van der Waals surface area contributed by atoms with Gasteiger partial charge in [-0.15, -0.1) is 0 Å². The third-order valence-corrected chi connectivity index (χ3v) is 2.56. The first-order valence-electron chi connectivity index (χ1n) is 6.47. The molecule has 1 aromatic rings. The minimum absolute atomic E-state index is 0.147. The molecule has 0 saturated carbocycles. The number of carboxylic acids is 1. The number of unbranched alkanes of at least 4 members (excludes halogenated alkanes) is 1. The van der Waals surface area contributed by atoms with E-state index in [2.05, 4.69) is 6.92 Å². The van der Waals surface area contributed by atoms with Gasteiger partial charge >= 0.3 is 5.97 Å². The molecule has 102 valence electrons. The summed E-state index contributed by atoms with van der Waals surface area (Å²) in [7, 11) is 0. The lowest BCUT2D eigenvalue weighted by Gasteiger charge is -2.03. The predicted molar refractivity (Wildman–Crippen MR) is 76.9 cm³/mol. The fourth-order valence-electron chi connectivity index (χ4n) is 1.45. The van der Waals surface area contributed by atoms with Crippen molar-refractivity contribution >= 4 is 12.0 Å². The SMILES string of the molecule is CCCCOCC(=CC=Cc1ccccc1)C(=O)O. The van der Waals surface area contributed by atoms with Gasteiger partial charge < -0.3 is 9.84 Å². The number of benzene rings is 1. The van der Waals surface area contributed by atoms with Crippen LogP contribution >= 0.6 is 0 Å². The zero-order valence-corrected chi connectivity index (χ0v) is 11.2. The monoisotopic (exact) mass is 260 g/mol. The van der Waals surface area contributed by atoms with E-state index < -0.39 is 5.97 Å². The van der Waals surface area contributed by atoms with E-state index >= 15 is 0 Å². The van der Waals surface area contributed by atoms with Crippen molar-refractivity contribution in [1.82, 2.24) is 0 Å². The predicted octanol–water partition coefficient (Wildman–Crippen LogP) is 3.53. The van der Waals surface area contributed by atoms with Gasteiger partial charge in [0.05, 0.1) is 12.2 Å². The lowest BCUT2D eigenvalue weighted by atomic mass is 10.2. The van der Waals surface area contributed by atoms with Crippen molar-refractivity contribution in [3.8, 4) is 0 Å². The van der Waals surface area contributed by atoms with Gasteiger partial charge in [-0.05, 0) is 18.1 Å². The summed E-state index contributed by atoms with van der Waals surface area (Å²) in [5, 5.41) is 9.04. The Bertz CT molecular complexity index is 433. The lowest BCUT2D eigenvalue weighted by molar-refractivity contribution is -0.133. The third kappa shape index (κ3) is 6.58. The maximum atomic E-state index is 11.0. The van der Waals surface area contributed by atoms with Crippen LogP contribution < -0.4 is 0 Å². The molecule has 0 unspecified atom stereocenters. The van der Waals surface area contributed by atoms with E-state index in [1.807, 2.05) is 36.4 Å². The molecule has 0 spiro atoms. The van der Waals surface area contributed by atoms with E-state index in [4.69, 9.17) is 9.84 Å². The Hall–Kier alpha value is -1.87. The number of aliphatic carboxylic acids is 1. The first-order chi connectivity index (χ1) is 9.24. The number of rotatable bonds is 8. The first kappa shape index (κ1) is 15.2. The molecule has 0 radical (unpaired) electrons. The zero-order chi connectivity index (χ0) is 13.9. The third-order valence-electron chi connectivity index (χ3n) is 2.56. The van der Waals surface area contributed by atoms with E-state index in [0.717, 1.165) is 18.4 Å². The quantitative estimate of drug-likeness (QED) is 0.442. The van der Waals surface area contributed by atoms with Crippen LogP contribution in [0.4, 0.5) is 0 Å². The van der Waals surface area contributed by atoms with Crippen molar-refractivity contribution in [2.75, 3.05) is 13.2 Å². The van der Waals surface area contributed by atoms with E-state index in [9.17, 15) is 4.79 Å². The van der Waals surface area contributed by atoms with E-state index in [0.29, 0.717) is 6.61 Å². The molecular weight excluding hydrogens is 240 g/mol. The molecule has 3 heteroatoms. The second kappa shape index (κ2) is 9.11. The van der Waals surface area contributed by atoms with Crippen LogP contribution in [-0.4, -0.2) is 24.3 Å². The summed E-state index contributed by atoms with van der Waals surface area (Å²) >= 11 is 0. The number of ether oxygens (including phenoxy) is 1. The standard InChI is InChI=1S/C16H20O3/c1-2-3-12-19-13-15(16(17)18)11-7-10-14-8-5-4-6-9-14/h4-11H,2-3,12-13H2,1H3,(H,17,18). The van der Waals surface area contributed by atoms with Gasteiger partial charge in [0, 0.05) is 6.61 Å². The highest BCUT2D eigenvalue weighted by Crippen LogP contribution is 2.03. The summed E-state index contributed by atoms with van der Waals surface area (Å²) in [6.07, 6.45) is 7.19. The van der Waals surface area contributed by atoms with Crippen LogP contribution in [0.5, 0.6) is 0 Å². The van der Waals surface area contributed by atoms with Gasteiger partial charge in [-0.1, -0.05) is 55.8 Å². The van der Waals surface area contributed by atoms with Crippen molar-refractivity contribution in [1.29, 1.82) is 0 Å². The summed E-state index contributed by atoms with van der Waals surface area (Å²) in [5.74, 6) is -0.936. The highest BCUT2D eigenvalue weighted by molar-refractivity contribution is 5.87. The van der Waals surface area contributed by atoms with E-state index in [-0.39, 0.29) is 12.2 Å². The molecule has 19 heavy (non-hydrogen) atoms. The second-order valence-corrected chi connectivity index (χ2v) is 4.17. The average Bonchev–Trinajstić information content (AvgIpc) is 2.42. The van der Waals surface area contributed by atoms with Crippen LogP contribution in [0.3, 0.4) is 0 Å². The summed E-state index contributed by atoms with van der Waals surface area (Å²) in [4.78, 5) is 11.0. The number of hydrogen-bond donors (Lipinski definition) is 1. The van der Waals surface area contributed by atoms with Crippen molar-refractivity contribution in [3.63, 3.8) is 0 Å². The molecule has 0 amide bonds. The van der Waals surface area contributed by atoms with Gasteiger partial charge in [0.1, 0.15) is 0 Å². The molecule has 0 bridgehead atoms. The van der Waals surface area contributed by atoms with Crippen molar-refractivity contribution in [2.45, 2.75) is 19.8 Å². The van der Waals surface area contributed by atoms with Gasteiger partial charge in [-0.25, -0.2) is 4.79 Å². The van der Waals surface area contributed by atoms with Crippen LogP contribution in [0.1, 0.15) is 25.3 Å². The van der Waals surface area contributed by atoms with Crippen LogP contribution in [0.2, 0.25) is 0 Å². The van der Waals surface area contributed by atoms with Gasteiger partial charge in [0.15, 0.2) is 0 Å². The zero-order valence-electron chi connectivity index (χ0n) is 11.2. The van der Waals surface area contributed by atoms with Crippen LogP contribution in [0.25, 0.3) is 6.08 Å². The minimum atomic E-state index is -0.936. The van der Waals surface area contributed by atoms with Crippen molar-refractivity contribution in [2.24, 2.45) is 0 Å². The Kier molecular flexibility index (Phi) is 7.28. The van der Waals surface area contributed by atoms with Gasteiger partial charge in [-0.2, -0.15) is 0 Å². The maximum absolute atomic E-state index is 11.0. The maximum Gasteiger partial charge on any atom is 0.333 e. The molecular formula is C16H20O3. The molecule has 0 aliphatic rings. The molecule has 1 N–H and O–H groups in total. The Morgan fingerprint density at radius 1 is 1.32 bits per heavy atom. The topological polar surface area (TPSA) is 46.5 Å². The fraction of sp³-hybridized carbons (Fsp3) is 0.312. The molecule has 3 nitrogen and oxygen atoms in total. The molecule has 0 fully saturated rings. The highest BCUT2D eigenvalue weighted by atomic mass is 16.5. The van der Waals surface area contributed by atoms with Crippen molar-refractivity contribution < 1.29 is 14.6 Å². The molecule has 0 atom stereocenters. The molecule has 0 saturated heterocycles. The van der Waals surface area contributed by atoms with E-state index in [1.54, 1.807) is 12.2 Å². The average molecular weight is 260 g/mol. The lowest BCUT2D eigenvalue weighted by Crippen LogP contribution is -2.08. The van der Waals surface area contributed by atoms with Crippen LogP contribution in [0, 0.1) is 0 Å². The molecule has 1 aromatic carbocycles. The Labute approximate surface area is 114 Å². The molecule has 1 rings (SSSR count). The molecule has 0 aliphatic heterocycles. The smallest absolute Gasteiger partial charge is 0.333 e. The molecule has 0 heterocycles. The Morgan fingerprint density at radius 2 is 2.05 bits per heavy atom. The van der Waals surface area contributed by atoms with Crippen LogP contribution in [-0.2, 0) is 9.53 Å². The van der Waals surface area contributed by atoms with E-state index in [1.165, 1.54) is 0 Å². The Balaban J connectivity index is 2.53. The summed E-state index contributed by atoms with van der Waals surface area (Å²) in [6, 6.07) is 9.74. The molecule has 0 aliphatic carbocycles. The summed E-state index contributed by atoms with van der Waals surface area (Å²) < 4.78 is 5.32. The van der Waals surface area contributed by atoms with Crippen molar-refractivity contribution in [3.05, 3.63) is 53.6 Å². The second-order valence-electron chi connectivity index (χ2n) is 4.17. The van der Waals surface area contributed by atoms with Gasteiger partial charge in [0.25, 0.3) is 0 Å². The highest BCUT2D eigenvalue weighted by Gasteiger charge is 2.05. The Morgan fingerprint density at radius 3 is 2.68 bits per heavy atom. The minimum Gasteiger partial charge on any atom is -0.478 e. The summed E-state index contributed by atoms with van der Waals surface area (Å²) in [6.45, 7) is 2.82. The summed E-state index contributed by atoms with van der Waals surface area (Å²) in [5.41, 5.74) is 1.30. The number of hydrogen-bond acceptors (Lipinski definition) is 2. The van der Waals surface area contributed by atoms with Crippen LogP contribution in [0.15, 0.2) is 48.1 Å². The van der Waals surface area contributed by atoms with Gasteiger partial charge in [-0.3, -0.25) is 0 Å². The normalized spacial score (nSPS) is 11.9. The largest absolute Gasteiger partial charge is 0.478 e. The number of carbonyl (C=O) groups is 1. The fourth-order valence-corrected chi connectivity index (χ4v) is 1.45. The first-order valence-corrected chi connectivity index (χ1v) is 6.47. The number of allylic oxidation sites excluding steroid dienone is 2.